The molecule has 0 heterocycles. The average Bonchev–Trinajstić information content (AvgIpc) is 2.49. The van der Waals surface area contributed by atoms with Crippen molar-refractivity contribution in [3.05, 3.63) is 24.3 Å². The first kappa shape index (κ1) is 26.1. The predicted molar refractivity (Wildman–Crippen MR) is 93.9 cm³/mol. The Morgan fingerprint density at radius 1 is 0.833 bits per heavy atom. The van der Waals surface area contributed by atoms with Crippen molar-refractivity contribution in [1.29, 1.82) is 0 Å². The number of allylic oxidation sites excluding steroid dienone is 4. The van der Waals surface area contributed by atoms with Crippen molar-refractivity contribution in [3.63, 3.8) is 0 Å². The van der Waals surface area contributed by atoms with Crippen molar-refractivity contribution in [3.8, 4) is 0 Å². The third-order valence-corrected chi connectivity index (χ3v) is 3.80. The Labute approximate surface area is 170 Å². The summed E-state index contributed by atoms with van der Waals surface area (Å²) in [5, 5.41) is 10.2. The van der Waals surface area contributed by atoms with E-state index >= 15 is 0 Å². The van der Waals surface area contributed by atoms with Crippen LogP contribution in [0, 0.1) is 0 Å². The summed E-state index contributed by atoms with van der Waals surface area (Å²) in [7, 11) is 0. The van der Waals surface area contributed by atoms with Crippen molar-refractivity contribution in [2.75, 3.05) is 0 Å². The van der Waals surface area contributed by atoms with Crippen LogP contribution in [0.3, 0.4) is 0 Å². The van der Waals surface area contributed by atoms with Gasteiger partial charge in [-0.15, -0.1) is 0 Å². The number of alkyl halides is 1. The minimum absolute atomic E-state index is 0. The second kappa shape index (κ2) is 20.9. The van der Waals surface area contributed by atoms with Gasteiger partial charge in [0.1, 0.15) is 0 Å². The molecular weight excluding hydrogens is 314 g/mol. The van der Waals surface area contributed by atoms with Gasteiger partial charge in [0.25, 0.3) is 0 Å². The molecule has 0 aliphatic rings. The summed E-state index contributed by atoms with van der Waals surface area (Å²) in [5.41, 5.74) is 0. The van der Waals surface area contributed by atoms with Crippen LogP contribution in [-0.4, -0.2) is 12.1 Å². The van der Waals surface area contributed by atoms with Crippen LogP contribution >= 0.6 is 0 Å². The van der Waals surface area contributed by atoms with Gasteiger partial charge in [-0.1, -0.05) is 43.6 Å². The summed E-state index contributed by atoms with van der Waals surface area (Å²) in [6.45, 7) is 1.62. The third kappa shape index (κ3) is 24.1. The molecule has 0 aliphatic heterocycles. The molecule has 24 heavy (non-hydrogen) atoms. The van der Waals surface area contributed by atoms with E-state index in [-0.39, 0.29) is 36.0 Å². The van der Waals surface area contributed by atoms with Gasteiger partial charge in [-0.05, 0) is 71.1 Å². The molecule has 0 aliphatic carbocycles. The van der Waals surface area contributed by atoms with Crippen LogP contribution in [0.5, 0.6) is 0 Å². The van der Waals surface area contributed by atoms with Crippen molar-refractivity contribution < 1.29 is 43.8 Å². The molecule has 0 saturated heterocycles. The summed E-state index contributed by atoms with van der Waals surface area (Å²) in [4.78, 5) is 10.2. The zero-order valence-corrected chi connectivity index (χ0v) is 17.8. The largest absolute Gasteiger partial charge is 1.00 e. The van der Waals surface area contributed by atoms with Crippen LogP contribution in [0.15, 0.2) is 24.3 Å². The van der Waals surface area contributed by atoms with E-state index in [4.69, 9.17) is 0 Å². The molecule has 0 saturated carbocycles. The van der Waals surface area contributed by atoms with E-state index in [1.165, 1.54) is 32.1 Å². The van der Waals surface area contributed by atoms with Gasteiger partial charge in [0.15, 0.2) is 0 Å². The predicted octanol–water partition coefficient (Wildman–Crippen LogP) is 2.28. The zero-order chi connectivity index (χ0) is 17.2. The molecule has 0 unspecified atom stereocenters. The molecule has 1 atom stereocenters. The smallest absolute Gasteiger partial charge is 0.550 e. The molecule has 0 spiro atoms. The van der Waals surface area contributed by atoms with Crippen LogP contribution in [0.4, 0.5) is 4.39 Å². The van der Waals surface area contributed by atoms with Gasteiger partial charge in [0.2, 0.25) is 0 Å². The van der Waals surface area contributed by atoms with E-state index in [1.54, 1.807) is 6.92 Å². The monoisotopic (exact) mass is 348 g/mol. The van der Waals surface area contributed by atoms with E-state index in [1.807, 2.05) is 0 Å². The number of carbonyl (C=O) groups is 1. The SMILES string of the molecule is C[C@@H](F)CCC/C=C\CCCCCCC/C=C\CCCC(=O)[O-].[Na+]. The van der Waals surface area contributed by atoms with Crippen molar-refractivity contribution >= 4 is 5.97 Å². The van der Waals surface area contributed by atoms with Crippen LogP contribution < -0.4 is 34.7 Å². The first-order valence-corrected chi connectivity index (χ1v) is 9.27. The molecule has 0 rings (SSSR count). The maximum absolute atomic E-state index is 12.6. The van der Waals surface area contributed by atoms with Gasteiger partial charge < -0.3 is 9.90 Å². The molecule has 4 heteroatoms. The molecular formula is C20H34FNaO2. The van der Waals surface area contributed by atoms with Gasteiger partial charge in [0, 0.05) is 5.97 Å². The second-order valence-electron chi connectivity index (χ2n) is 6.26. The summed E-state index contributed by atoms with van der Waals surface area (Å²) >= 11 is 0. The molecule has 0 N–H and O–H groups in total. The number of rotatable bonds is 16. The summed E-state index contributed by atoms with van der Waals surface area (Å²) in [6, 6.07) is 0. The Balaban J connectivity index is 0. The van der Waals surface area contributed by atoms with Crippen LogP contribution in [0.2, 0.25) is 0 Å². The van der Waals surface area contributed by atoms with Gasteiger partial charge in [0.05, 0.1) is 6.17 Å². The minimum Gasteiger partial charge on any atom is -0.550 e. The van der Waals surface area contributed by atoms with E-state index < -0.39 is 12.1 Å². The molecule has 0 radical (unpaired) electrons. The number of aliphatic carboxylic acids is 1. The molecule has 0 bridgehead atoms. The molecule has 0 aromatic carbocycles. The fraction of sp³-hybridized carbons (Fsp3) is 0.750. The van der Waals surface area contributed by atoms with Crippen LogP contribution in [0.1, 0.15) is 90.4 Å². The van der Waals surface area contributed by atoms with Gasteiger partial charge >= 0.3 is 29.6 Å². The number of hydrogen-bond donors (Lipinski definition) is 0. The van der Waals surface area contributed by atoms with Gasteiger partial charge in [-0.3, -0.25) is 0 Å². The standard InChI is InChI=1S/C20H35FO2.Na/c1-19(21)17-15-13-11-9-7-5-3-2-4-6-8-10-12-14-16-18-20(22)23;/h9-12,19H,2-8,13-18H2,1H3,(H,22,23);/q;+1/p-1/b11-9-,12-10-;/t19-;/m1./s1. The molecule has 0 aromatic rings. The van der Waals surface area contributed by atoms with Gasteiger partial charge in [-0.2, -0.15) is 0 Å². The molecule has 0 amide bonds. The molecule has 0 aromatic heterocycles. The Morgan fingerprint density at radius 2 is 1.25 bits per heavy atom. The molecule has 2 nitrogen and oxygen atoms in total. The molecule has 0 fully saturated rings. The maximum Gasteiger partial charge on any atom is 1.00 e. The number of halogens is 1. The van der Waals surface area contributed by atoms with Crippen molar-refractivity contribution in [2.24, 2.45) is 0 Å². The van der Waals surface area contributed by atoms with E-state index in [2.05, 4.69) is 24.3 Å². The Morgan fingerprint density at radius 3 is 1.71 bits per heavy atom. The normalized spacial score (nSPS) is 12.6. The first-order chi connectivity index (χ1) is 11.1. The Bertz CT molecular complexity index is 328. The number of hydrogen-bond acceptors (Lipinski definition) is 2. The zero-order valence-electron chi connectivity index (χ0n) is 15.8. The summed E-state index contributed by atoms with van der Waals surface area (Å²) in [6.07, 6.45) is 20.8. The number of unbranched alkanes of at least 4 members (excludes halogenated alkanes) is 8. The molecule has 134 valence electrons. The number of carbonyl (C=O) groups excluding carboxylic acids is 1. The second-order valence-corrected chi connectivity index (χ2v) is 6.26. The van der Waals surface area contributed by atoms with E-state index in [0.717, 1.165) is 32.1 Å². The topological polar surface area (TPSA) is 40.1 Å². The summed E-state index contributed by atoms with van der Waals surface area (Å²) in [5.74, 6) is -0.956. The van der Waals surface area contributed by atoms with Gasteiger partial charge in [-0.25, -0.2) is 4.39 Å². The average molecular weight is 348 g/mol. The number of carboxylic acid groups (broad SMARTS) is 1. The summed E-state index contributed by atoms with van der Waals surface area (Å²) < 4.78 is 12.6. The Hall–Kier alpha value is -0.120. The van der Waals surface area contributed by atoms with E-state index in [0.29, 0.717) is 12.8 Å². The number of carboxylic acids is 1. The minimum atomic E-state index is -0.956. The first-order valence-electron chi connectivity index (χ1n) is 9.27. The fourth-order valence-electron chi connectivity index (χ4n) is 2.41. The Kier molecular flexibility index (Phi) is 22.8. The van der Waals surface area contributed by atoms with Crippen LogP contribution in [-0.2, 0) is 4.79 Å². The maximum atomic E-state index is 12.6. The fourth-order valence-corrected chi connectivity index (χ4v) is 2.41. The van der Waals surface area contributed by atoms with Crippen LogP contribution in [0.25, 0.3) is 0 Å². The third-order valence-electron chi connectivity index (χ3n) is 3.80. The van der Waals surface area contributed by atoms with E-state index in [9.17, 15) is 14.3 Å². The van der Waals surface area contributed by atoms with Crippen molar-refractivity contribution in [1.82, 2.24) is 0 Å². The quantitative estimate of drug-likeness (QED) is 0.244. The van der Waals surface area contributed by atoms with Crippen molar-refractivity contribution in [2.45, 2.75) is 96.6 Å².